The van der Waals surface area contributed by atoms with E-state index in [4.69, 9.17) is 14.7 Å². The van der Waals surface area contributed by atoms with Crippen LogP contribution in [-0.2, 0) is 32.6 Å². The molecule has 2 atom stereocenters. The number of allylic oxidation sites excluding steroid dienone is 6. The number of rotatable bonds is 7. The highest BCUT2D eigenvalue weighted by Gasteiger charge is 2.45. The van der Waals surface area contributed by atoms with E-state index in [1.165, 1.54) is 5.57 Å². The molecule has 0 saturated heterocycles. The molecule has 0 spiro atoms. The number of carboxylic acids is 1. The van der Waals surface area contributed by atoms with Gasteiger partial charge in [0.15, 0.2) is 0 Å². The third kappa shape index (κ3) is 5.02. The molecule has 6 rings (SSSR count). The number of hydrogen-bond acceptors (Lipinski definition) is 5. The van der Waals surface area contributed by atoms with Crippen LogP contribution in [-0.4, -0.2) is 44.1 Å². The fraction of sp³-hybridized carbons (Fsp3) is 0.351. The van der Waals surface area contributed by atoms with Gasteiger partial charge in [0.1, 0.15) is 0 Å². The molecule has 0 radical (unpaired) electrons. The fourth-order valence-electron chi connectivity index (χ4n) is 7.02. The zero-order chi connectivity index (χ0) is 32.2. The van der Waals surface area contributed by atoms with Gasteiger partial charge in [-0.05, 0) is 117 Å². The van der Waals surface area contributed by atoms with Crippen LogP contribution in [0.25, 0.3) is 38.8 Å². The Morgan fingerprint density at radius 3 is 2.09 bits per heavy atom. The summed E-state index contributed by atoms with van der Waals surface area (Å²) < 4.78 is 5.08. The Bertz CT molecular complexity index is 2020. The summed E-state index contributed by atoms with van der Waals surface area (Å²) in [4.78, 5) is 40.2. The minimum Gasteiger partial charge on any atom is -0.481 e. The Morgan fingerprint density at radius 2 is 1.47 bits per heavy atom. The minimum atomic E-state index is -0.842. The third-order valence-corrected chi connectivity index (χ3v) is 10.4. The number of nitrogens with one attached hydrogen (secondary N) is 2. The molecule has 8 bridgehead atoms. The summed E-state index contributed by atoms with van der Waals surface area (Å²) in [6.07, 6.45) is 5.32. The number of hydrogen-bond donors (Lipinski definition) is 3. The van der Waals surface area contributed by atoms with Gasteiger partial charge in [0, 0.05) is 40.3 Å². The topological polar surface area (TPSA) is 121 Å². The molecule has 3 aromatic rings. The maximum Gasteiger partial charge on any atom is 0.303 e. The van der Waals surface area contributed by atoms with Crippen molar-refractivity contribution in [3.8, 4) is 0 Å². The first kappa shape index (κ1) is 30.3. The normalized spacial score (nSPS) is 19.2. The Morgan fingerprint density at radius 1 is 0.867 bits per heavy atom. The zero-order valence-corrected chi connectivity index (χ0v) is 27.0. The van der Waals surface area contributed by atoms with Crippen molar-refractivity contribution in [1.29, 1.82) is 0 Å². The molecule has 3 aromatic heterocycles. The van der Waals surface area contributed by atoms with Gasteiger partial charge in [0.2, 0.25) is 0 Å². The molecule has 0 amide bonds. The van der Waals surface area contributed by atoms with Crippen molar-refractivity contribution in [3.63, 3.8) is 0 Å². The quantitative estimate of drug-likeness (QED) is 0.189. The maximum atomic E-state index is 11.7. The van der Waals surface area contributed by atoms with Gasteiger partial charge in [-0.15, -0.1) is 0 Å². The van der Waals surface area contributed by atoms with Crippen LogP contribution in [0.5, 0.6) is 0 Å². The van der Waals surface area contributed by atoms with E-state index in [0.29, 0.717) is 19.3 Å². The van der Waals surface area contributed by atoms with Crippen LogP contribution in [0.3, 0.4) is 0 Å². The van der Waals surface area contributed by atoms with E-state index < -0.39 is 5.97 Å². The lowest BCUT2D eigenvalue weighted by Gasteiger charge is -2.36. The first-order valence-corrected chi connectivity index (χ1v) is 15.5. The molecule has 8 nitrogen and oxygen atoms in total. The average molecular weight is 605 g/mol. The smallest absolute Gasteiger partial charge is 0.303 e. The molecular weight excluding hydrogens is 564 g/mol. The van der Waals surface area contributed by atoms with Crippen molar-refractivity contribution in [3.05, 3.63) is 87.0 Å². The zero-order valence-electron chi connectivity index (χ0n) is 27.0. The van der Waals surface area contributed by atoms with Crippen molar-refractivity contribution in [1.82, 2.24) is 19.9 Å². The monoisotopic (exact) mass is 604 g/mol. The predicted molar refractivity (Wildman–Crippen MR) is 179 cm³/mol. The standard InChI is InChI=1S/C37H40N4O4/c1-19-8-10-27-34-15-30-22(4)25(9-11-36(43)44)32(40-30)16-33-26(12-13-45-18-42)23(5)29(39-33)14-28-20(2)21(3)31(38-28)17-35(41-34)37(27,7)24(19)6/h8,10,14-18,24,39-40H,9,11-13H2,1-7H3,(H,43,44). The van der Waals surface area contributed by atoms with Crippen LogP contribution in [0.1, 0.15) is 86.1 Å². The number of fused-ring (bicyclic) bond motifs is 11. The van der Waals surface area contributed by atoms with Crippen LogP contribution in [0.2, 0.25) is 0 Å². The number of carbonyl (C=O) groups excluding carboxylic acids is 1. The molecule has 5 heterocycles. The van der Waals surface area contributed by atoms with Crippen LogP contribution in [0.4, 0.5) is 0 Å². The van der Waals surface area contributed by atoms with Crippen molar-refractivity contribution >= 4 is 51.2 Å². The Kier molecular flexibility index (Phi) is 7.63. The summed E-state index contributed by atoms with van der Waals surface area (Å²) in [7, 11) is 0. The van der Waals surface area contributed by atoms with E-state index in [9.17, 15) is 14.7 Å². The van der Waals surface area contributed by atoms with E-state index in [1.807, 2.05) is 6.92 Å². The maximum absolute atomic E-state index is 11.7. The summed E-state index contributed by atoms with van der Waals surface area (Å²) in [5.41, 5.74) is 15.6. The largest absolute Gasteiger partial charge is 0.481 e. The van der Waals surface area contributed by atoms with Gasteiger partial charge in [0.25, 0.3) is 6.47 Å². The predicted octanol–water partition coefficient (Wildman–Crippen LogP) is 7.55. The van der Waals surface area contributed by atoms with Crippen molar-refractivity contribution in [2.75, 3.05) is 6.61 Å². The molecular formula is C37H40N4O4. The second-order valence-corrected chi connectivity index (χ2v) is 12.7. The molecule has 1 aliphatic carbocycles. The average Bonchev–Trinajstić information content (AvgIpc) is 3.64. The summed E-state index contributed by atoms with van der Waals surface area (Å²) >= 11 is 0. The number of ether oxygens (including phenoxy) is 1. The number of aliphatic carboxylic acids is 1. The summed E-state index contributed by atoms with van der Waals surface area (Å²) in [6.45, 7) is 15.8. The van der Waals surface area contributed by atoms with Crippen LogP contribution in [0.15, 0.2) is 42.0 Å². The minimum absolute atomic E-state index is 0.0177. The van der Waals surface area contributed by atoms with Gasteiger partial charge in [0.05, 0.1) is 29.4 Å². The van der Waals surface area contributed by atoms with Gasteiger partial charge >= 0.3 is 5.97 Å². The highest BCUT2D eigenvalue weighted by atomic mass is 16.5. The van der Waals surface area contributed by atoms with Crippen molar-refractivity contribution in [2.45, 2.75) is 73.1 Å². The van der Waals surface area contributed by atoms with Crippen LogP contribution < -0.4 is 0 Å². The van der Waals surface area contributed by atoms with Gasteiger partial charge < -0.3 is 19.8 Å². The van der Waals surface area contributed by atoms with E-state index in [0.717, 1.165) is 83.8 Å². The molecule has 2 unspecified atom stereocenters. The second-order valence-electron chi connectivity index (χ2n) is 12.7. The first-order valence-electron chi connectivity index (χ1n) is 15.5. The van der Waals surface area contributed by atoms with Gasteiger partial charge in [-0.1, -0.05) is 24.6 Å². The van der Waals surface area contributed by atoms with E-state index in [-0.39, 0.29) is 24.4 Å². The van der Waals surface area contributed by atoms with Gasteiger partial charge in [-0.25, -0.2) is 4.98 Å². The van der Waals surface area contributed by atoms with Gasteiger partial charge in [-0.3, -0.25) is 14.6 Å². The van der Waals surface area contributed by atoms with Crippen LogP contribution in [0, 0.1) is 19.8 Å². The summed E-state index contributed by atoms with van der Waals surface area (Å²) in [5.74, 6) is -0.602. The number of nitrogens with zero attached hydrogens (tertiary/aromatic N) is 2. The molecule has 3 aliphatic rings. The lowest BCUT2D eigenvalue weighted by molar-refractivity contribution is -0.137. The number of carbonyl (C=O) groups is 2. The second kappa shape index (κ2) is 11.3. The molecule has 232 valence electrons. The lowest BCUT2D eigenvalue weighted by Crippen LogP contribution is -2.31. The summed E-state index contributed by atoms with van der Waals surface area (Å²) in [5, 5.41) is 9.57. The lowest BCUT2D eigenvalue weighted by atomic mass is 9.65. The van der Waals surface area contributed by atoms with Crippen molar-refractivity contribution < 1.29 is 19.4 Å². The Balaban J connectivity index is 1.75. The number of aromatic nitrogens is 4. The number of carboxylic acid groups (broad SMARTS) is 1. The molecule has 0 fully saturated rings. The fourth-order valence-corrected chi connectivity index (χ4v) is 7.02. The first-order chi connectivity index (χ1) is 21.4. The highest BCUT2D eigenvalue weighted by Crippen LogP contribution is 2.51. The molecule has 45 heavy (non-hydrogen) atoms. The molecule has 8 heteroatoms. The van der Waals surface area contributed by atoms with Crippen molar-refractivity contribution in [2.24, 2.45) is 5.92 Å². The molecule has 0 saturated carbocycles. The Labute approximate surface area is 263 Å². The van der Waals surface area contributed by atoms with Gasteiger partial charge in [-0.2, -0.15) is 0 Å². The number of aryl methyl sites for hydroxylation is 3. The van der Waals surface area contributed by atoms with E-state index in [2.05, 4.69) is 87.9 Å². The molecule has 0 aromatic carbocycles. The number of H-pyrrole nitrogens is 2. The number of aromatic amines is 2. The van der Waals surface area contributed by atoms with Crippen LogP contribution >= 0.6 is 0 Å². The summed E-state index contributed by atoms with van der Waals surface area (Å²) in [6, 6.07) is 8.40. The Hall–Kier alpha value is -4.72. The third-order valence-electron chi connectivity index (χ3n) is 10.4. The molecule has 2 aliphatic heterocycles. The SMILES string of the molecule is CC1=CC=C2c3cc4[nH]c(cc5[nH]c(cc6nc(cc(n3)C2(C)C1C)C(C)=C6C)c(C)c5CCOC=O)c(CCC(=O)O)c4C. The van der Waals surface area contributed by atoms with E-state index in [1.54, 1.807) is 0 Å². The molecule has 3 N–H and O–H groups in total. The van der Waals surface area contributed by atoms with E-state index >= 15 is 0 Å². The highest BCUT2D eigenvalue weighted by molar-refractivity contribution is 5.92.